The van der Waals surface area contributed by atoms with E-state index in [1.54, 1.807) is 0 Å². The van der Waals surface area contributed by atoms with E-state index in [4.69, 9.17) is 0 Å². The fourth-order valence-electron chi connectivity index (χ4n) is 2.08. The molecule has 122 valence electrons. The minimum Gasteiger partial charge on any atom is -0.258 e. The van der Waals surface area contributed by atoms with E-state index in [2.05, 4.69) is 4.72 Å². The minimum absolute atomic E-state index is 0.0263. The summed E-state index contributed by atoms with van der Waals surface area (Å²) < 4.78 is 26.7. The van der Waals surface area contributed by atoms with Crippen molar-refractivity contribution < 1.29 is 13.3 Å². The lowest BCUT2D eigenvalue weighted by atomic mass is 10.1. The fourth-order valence-corrected chi connectivity index (χ4v) is 3.16. The lowest BCUT2D eigenvalue weighted by molar-refractivity contribution is -0.384. The maximum absolute atomic E-state index is 12.1. The summed E-state index contributed by atoms with van der Waals surface area (Å²) in [6.45, 7) is 2.33. The zero-order chi connectivity index (χ0) is 16.9. The van der Waals surface area contributed by atoms with Crippen LogP contribution in [0.15, 0.2) is 53.4 Å². The maximum Gasteiger partial charge on any atom is 0.269 e. The van der Waals surface area contributed by atoms with Crippen molar-refractivity contribution in [2.75, 3.05) is 6.54 Å². The van der Waals surface area contributed by atoms with Gasteiger partial charge in [0, 0.05) is 18.7 Å². The molecule has 2 aromatic rings. The van der Waals surface area contributed by atoms with E-state index in [1.165, 1.54) is 29.8 Å². The van der Waals surface area contributed by atoms with Gasteiger partial charge >= 0.3 is 0 Å². The van der Waals surface area contributed by atoms with E-state index in [0.29, 0.717) is 13.0 Å². The molecule has 0 fully saturated rings. The number of nitro groups is 1. The van der Waals surface area contributed by atoms with Crippen LogP contribution in [0.5, 0.6) is 0 Å². The Labute approximate surface area is 135 Å². The summed E-state index contributed by atoms with van der Waals surface area (Å²) in [7, 11) is -3.64. The molecule has 1 N–H and O–H groups in total. The Hall–Kier alpha value is -2.25. The number of rotatable bonds is 7. The molecule has 0 aliphatic heterocycles. The Morgan fingerprint density at radius 1 is 1.04 bits per heavy atom. The van der Waals surface area contributed by atoms with Gasteiger partial charge in [-0.25, -0.2) is 13.1 Å². The van der Waals surface area contributed by atoms with Crippen molar-refractivity contribution in [2.24, 2.45) is 0 Å². The van der Waals surface area contributed by atoms with Crippen molar-refractivity contribution in [3.8, 4) is 0 Å². The molecule has 0 atom stereocenters. The summed E-state index contributed by atoms with van der Waals surface area (Å²) in [5.41, 5.74) is 2.21. The van der Waals surface area contributed by atoms with Crippen molar-refractivity contribution in [2.45, 2.75) is 24.7 Å². The Bertz CT molecular complexity index is 769. The normalized spacial score (nSPS) is 11.3. The standard InChI is InChI=1S/C16H18N2O4S/c1-13-4-6-14(7-5-13)3-2-12-17-23(21,22)16-10-8-15(9-11-16)18(19)20/h4-11,17H,2-3,12H2,1H3. The Morgan fingerprint density at radius 3 is 2.22 bits per heavy atom. The molecule has 7 heteroatoms. The largest absolute Gasteiger partial charge is 0.269 e. The molecule has 2 aromatic carbocycles. The van der Waals surface area contributed by atoms with Gasteiger partial charge in [0.05, 0.1) is 9.82 Å². The Balaban J connectivity index is 1.88. The SMILES string of the molecule is Cc1ccc(CCCNS(=O)(=O)c2ccc([N+](=O)[O-])cc2)cc1. The first-order valence-corrected chi connectivity index (χ1v) is 8.66. The van der Waals surface area contributed by atoms with Crippen molar-refractivity contribution in [1.29, 1.82) is 0 Å². The highest BCUT2D eigenvalue weighted by molar-refractivity contribution is 7.89. The number of nitro benzene ring substituents is 1. The molecule has 0 spiro atoms. The van der Waals surface area contributed by atoms with Crippen LogP contribution >= 0.6 is 0 Å². The quantitative estimate of drug-likeness (QED) is 0.479. The third-order valence-electron chi connectivity index (χ3n) is 3.41. The Kier molecular flexibility index (Phi) is 5.46. The molecule has 0 bridgehead atoms. The van der Waals surface area contributed by atoms with E-state index in [0.717, 1.165) is 12.0 Å². The van der Waals surface area contributed by atoms with Crippen molar-refractivity contribution in [3.63, 3.8) is 0 Å². The first-order valence-electron chi connectivity index (χ1n) is 7.18. The van der Waals surface area contributed by atoms with Gasteiger partial charge in [0.2, 0.25) is 10.0 Å². The van der Waals surface area contributed by atoms with Crippen LogP contribution in [0.3, 0.4) is 0 Å². The monoisotopic (exact) mass is 334 g/mol. The molecule has 0 aliphatic carbocycles. The lowest BCUT2D eigenvalue weighted by Crippen LogP contribution is -2.25. The number of benzene rings is 2. The van der Waals surface area contributed by atoms with Crippen LogP contribution in [0.1, 0.15) is 17.5 Å². The zero-order valence-corrected chi connectivity index (χ0v) is 13.5. The average molecular weight is 334 g/mol. The molecule has 0 saturated carbocycles. The number of aryl methyl sites for hydroxylation is 2. The number of hydrogen-bond acceptors (Lipinski definition) is 4. The second-order valence-corrected chi connectivity index (χ2v) is 7.00. The molecular formula is C16H18N2O4S. The molecule has 23 heavy (non-hydrogen) atoms. The molecule has 0 aromatic heterocycles. The molecule has 0 unspecified atom stereocenters. The van der Waals surface area contributed by atoms with Gasteiger partial charge in [0.15, 0.2) is 0 Å². The zero-order valence-electron chi connectivity index (χ0n) is 12.7. The lowest BCUT2D eigenvalue weighted by Gasteiger charge is -2.07. The molecule has 0 heterocycles. The highest BCUT2D eigenvalue weighted by atomic mass is 32.2. The van der Waals surface area contributed by atoms with Gasteiger partial charge in [0.25, 0.3) is 5.69 Å². The van der Waals surface area contributed by atoms with Crippen LogP contribution in [0, 0.1) is 17.0 Å². The van der Waals surface area contributed by atoms with Gasteiger partial charge in [-0.3, -0.25) is 10.1 Å². The second kappa shape index (κ2) is 7.34. The summed E-state index contributed by atoms with van der Waals surface area (Å²) in [6.07, 6.45) is 1.46. The van der Waals surface area contributed by atoms with Gasteiger partial charge in [-0.15, -0.1) is 0 Å². The maximum atomic E-state index is 12.1. The molecule has 0 amide bonds. The number of sulfonamides is 1. The predicted octanol–water partition coefficient (Wildman–Crippen LogP) is 2.81. The summed E-state index contributed by atoms with van der Waals surface area (Å²) in [6, 6.07) is 12.9. The van der Waals surface area contributed by atoms with Crippen molar-refractivity contribution in [3.05, 3.63) is 69.8 Å². The van der Waals surface area contributed by atoms with Gasteiger partial charge in [-0.2, -0.15) is 0 Å². The van der Waals surface area contributed by atoms with Crippen LogP contribution in [0.2, 0.25) is 0 Å². The third-order valence-corrected chi connectivity index (χ3v) is 4.89. The van der Waals surface area contributed by atoms with Gasteiger partial charge in [-0.1, -0.05) is 29.8 Å². The smallest absolute Gasteiger partial charge is 0.258 e. The van der Waals surface area contributed by atoms with Crippen LogP contribution < -0.4 is 4.72 Å². The van der Waals surface area contributed by atoms with Crippen molar-refractivity contribution >= 4 is 15.7 Å². The topological polar surface area (TPSA) is 89.3 Å². The molecule has 6 nitrogen and oxygen atoms in total. The van der Waals surface area contributed by atoms with Crippen LogP contribution in [-0.4, -0.2) is 19.9 Å². The van der Waals surface area contributed by atoms with Crippen LogP contribution in [0.25, 0.3) is 0 Å². The van der Waals surface area contributed by atoms with E-state index < -0.39 is 14.9 Å². The molecule has 0 saturated heterocycles. The summed E-state index contributed by atoms with van der Waals surface area (Å²) in [5.74, 6) is 0. The first-order chi connectivity index (χ1) is 10.9. The molecular weight excluding hydrogens is 316 g/mol. The van der Waals surface area contributed by atoms with E-state index in [-0.39, 0.29) is 10.6 Å². The second-order valence-electron chi connectivity index (χ2n) is 5.24. The van der Waals surface area contributed by atoms with Gasteiger partial charge in [0.1, 0.15) is 0 Å². The predicted molar refractivity (Wildman–Crippen MR) is 87.8 cm³/mol. The van der Waals surface area contributed by atoms with Crippen LogP contribution in [0.4, 0.5) is 5.69 Å². The highest BCUT2D eigenvalue weighted by Gasteiger charge is 2.15. The van der Waals surface area contributed by atoms with Gasteiger partial charge < -0.3 is 0 Å². The van der Waals surface area contributed by atoms with Crippen LogP contribution in [-0.2, 0) is 16.4 Å². The number of non-ortho nitro benzene ring substituents is 1. The number of hydrogen-bond donors (Lipinski definition) is 1. The minimum atomic E-state index is -3.64. The average Bonchev–Trinajstić information content (AvgIpc) is 2.53. The first kappa shape index (κ1) is 17.1. The van der Waals surface area contributed by atoms with Gasteiger partial charge in [-0.05, 0) is 37.5 Å². The Morgan fingerprint density at radius 2 is 1.65 bits per heavy atom. The summed E-state index contributed by atoms with van der Waals surface area (Å²) in [5, 5.41) is 10.6. The van der Waals surface area contributed by atoms with Crippen molar-refractivity contribution in [1.82, 2.24) is 4.72 Å². The highest BCUT2D eigenvalue weighted by Crippen LogP contribution is 2.15. The van der Waals surface area contributed by atoms with E-state index >= 15 is 0 Å². The van der Waals surface area contributed by atoms with E-state index in [1.807, 2.05) is 31.2 Å². The molecule has 2 rings (SSSR count). The third kappa shape index (κ3) is 4.87. The van der Waals surface area contributed by atoms with E-state index in [9.17, 15) is 18.5 Å². The fraction of sp³-hybridized carbons (Fsp3) is 0.250. The number of nitrogens with one attached hydrogen (secondary N) is 1. The molecule has 0 radical (unpaired) electrons. The number of nitrogens with zero attached hydrogens (tertiary/aromatic N) is 1. The summed E-state index contributed by atoms with van der Waals surface area (Å²) >= 11 is 0. The summed E-state index contributed by atoms with van der Waals surface area (Å²) in [4.78, 5) is 10.0. The molecule has 0 aliphatic rings.